The summed E-state index contributed by atoms with van der Waals surface area (Å²) in [6, 6.07) is 12.6. The van der Waals surface area contributed by atoms with E-state index in [-0.39, 0.29) is 19.2 Å². The number of imide groups is 1. The highest BCUT2D eigenvalue weighted by Crippen LogP contribution is 2.38. The Bertz CT molecular complexity index is 879. The van der Waals surface area contributed by atoms with Crippen LogP contribution >= 0.6 is 0 Å². The Hall–Kier alpha value is -3.02. The number of carbonyl (C=O) groups excluding carboxylic acids is 2. The number of aryl methyl sites for hydroxylation is 1. The minimum atomic E-state index is -1.12. The van der Waals surface area contributed by atoms with Crippen molar-refractivity contribution in [2.24, 2.45) is 0 Å². The molecule has 6 heteroatoms. The molecule has 2 aliphatic rings. The molecule has 1 saturated heterocycles. The van der Waals surface area contributed by atoms with E-state index < -0.39 is 11.6 Å². The molecule has 0 aliphatic carbocycles. The van der Waals surface area contributed by atoms with E-state index >= 15 is 0 Å². The van der Waals surface area contributed by atoms with Crippen molar-refractivity contribution in [1.82, 2.24) is 10.2 Å². The maximum atomic E-state index is 13.0. The molecule has 1 unspecified atom stereocenters. The Morgan fingerprint density at radius 1 is 1.12 bits per heavy atom. The molecule has 2 aliphatic heterocycles. The molecule has 0 radical (unpaired) electrons. The predicted octanol–water partition coefficient (Wildman–Crippen LogP) is 2.69. The Labute approximate surface area is 145 Å². The number of ether oxygens (including phenoxy) is 2. The molecule has 1 fully saturated rings. The van der Waals surface area contributed by atoms with Crippen LogP contribution in [0.15, 0.2) is 42.5 Å². The first-order valence-corrected chi connectivity index (χ1v) is 8.08. The van der Waals surface area contributed by atoms with Crippen molar-refractivity contribution in [2.75, 3.05) is 6.79 Å². The van der Waals surface area contributed by atoms with Crippen LogP contribution in [-0.2, 0) is 16.9 Å². The van der Waals surface area contributed by atoms with Crippen LogP contribution in [0.2, 0.25) is 0 Å². The van der Waals surface area contributed by atoms with Gasteiger partial charge in [-0.3, -0.25) is 9.69 Å². The van der Waals surface area contributed by atoms with Crippen molar-refractivity contribution in [2.45, 2.75) is 25.9 Å². The standard InChI is InChI=1S/C19H18N2O4/c1-12-5-3-4-6-13(12)10-21-17(22)19(2,20-18(21)23)14-7-8-15-16(9-14)25-11-24-15/h3-9H,10-11H2,1-2H3,(H,20,23). The van der Waals surface area contributed by atoms with Gasteiger partial charge in [-0.15, -0.1) is 0 Å². The summed E-state index contributed by atoms with van der Waals surface area (Å²) in [4.78, 5) is 26.7. The van der Waals surface area contributed by atoms with E-state index in [0.29, 0.717) is 17.1 Å². The van der Waals surface area contributed by atoms with E-state index in [1.54, 1.807) is 25.1 Å². The van der Waals surface area contributed by atoms with E-state index in [0.717, 1.165) is 11.1 Å². The fraction of sp³-hybridized carbons (Fsp3) is 0.263. The average molecular weight is 338 g/mol. The van der Waals surface area contributed by atoms with Gasteiger partial charge in [-0.25, -0.2) is 4.79 Å². The van der Waals surface area contributed by atoms with Crippen molar-refractivity contribution < 1.29 is 19.1 Å². The van der Waals surface area contributed by atoms with Crippen LogP contribution < -0.4 is 14.8 Å². The average Bonchev–Trinajstić information content (AvgIpc) is 3.15. The van der Waals surface area contributed by atoms with Crippen LogP contribution in [-0.4, -0.2) is 23.6 Å². The maximum Gasteiger partial charge on any atom is 0.325 e. The number of nitrogens with one attached hydrogen (secondary N) is 1. The summed E-state index contributed by atoms with van der Waals surface area (Å²) in [6.07, 6.45) is 0. The fourth-order valence-electron chi connectivity index (χ4n) is 3.20. The molecule has 0 saturated carbocycles. The van der Waals surface area contributed by atoms with Crippen LogP contribution in [0, 0.1) is 6.92 Å². The summed E-state index contributed by atoms with van der Waals surface area (Å²) in [5.74, 6) is 0.943. The van der Waals surface area contributed by atoms with E-state index in [9.17, 15) is 9.59 Å². The third-order valence-corrected chi connectivity index (χ3v) is 4.81. The number of amides is 3. The first-order valence-electron chi connectivity index (χ1n) is 8.08. The van der Waals surface area contributed by atoms with Crippen molar-refractivity contribution in [3.8, 4) is 11.5 Å². The highest BCUT2D eigenvalue weighted by molar-refractivity contribution is 6.07. The monoisotopic (exact) mass is 338 g/mol. The Balaban J connectivity index is 1.65. The maximum absolute atomic E-state index is 13.0. The second-order valence-electron chi connectivity index (χ2n) is 6.44. The number of fused-ring (bicyclic) bond motifs is 1. The van der Waals surface area contributed by atoms with Crippen molar-refractivity contribution in [3.05, 3.63) is 59.2 Å². The van der Waals surface area contributed by atoms with Gasteiger partial charge >= 0.3 is 6.03 Å². The lowest BCUT2D eigenvalue weighted by Crippen LogP contribution is -2.40. The molecular formula is C19H18N2O4. The highest BCUT2D eigenvalue weighted by atomic mass is 16.7. The lowest BCUT2D eigenvalue weighted by atomic mass is 9.91. The Kier molecular flexibility index (Phi) is 3.42. The van der Waals surface area contributed by atoms with Crippen LogP contribution in [0.4, 0.5) is 4.79 Å². The summed E-state index contributed by atoms with van der Waals surface area (Å²) in [7, 11) is 0. The number of benzene rings is 2. The minimum Gasteiger partial charge on any atom is -0.454 e. The van der Waals surface area contributed by atoms with E-state index in [1.807, 2.05) is 31.2 Å². The lowest BCUT2D eigenvalue weighted by molar-refractivity contribution is -0.131. The van der Waals surface area contributed by atoms with Gasteiger partial charge in [0.1, 0.15) is 5.54 Å². The predicted molar refractivity (Wildman–Crippen MR) is 90.2 cm³/mol. The van der Waals surface area contributed by atoms with Gasteiger partial charge in [-0.2, -0.15) is 0 Å². The van der Waals surface area contributed by atoms with Crippen LogP contribution in [0.5, 0.6) is 11.5 Å². The minimum absolute atomic E-state index is 0.162. The molecule has 0 spiro atoms. The number of nitrogens with zero attached hydrogens (tertiary/aromatic N) is 1. The van der Waals surface area contributed by atoms with Gasteiger partial charge in [-0.05, 0) is 42.7 Å². The van der Waals surface area contributed by atoms with Crippen LogP contribution in [0.3, 0.4) is 0 Å². The van der Waals surface area contributed by atoms with E-state index in [1.165, 1.54) is 4.90 Å². The quantitative estimate of drug-likeness (QED) is 0.874. The van der Waals surface area contributed by atoms with Crippen molar-refractivity contribution >= 4 is 11.9 Å². The van der Waals surface area contributed by atoms with E-state index in [4.69, 9.17) is 9.47 Å². The van der Waals surface area contributed by atoms with Gasteiger partial charge in [-0.1, -0.05) is 30.3 Å². The summed E-state index contributed by atoms with van der Waals surface area (Å²) in [5, 5.41) is 2.82. The molecule has 128 valence electrons. The van der Waals surface area contributed by atoms with Gasteiger partial charge in [0.15, 0.2) is 11.5 Å². The number of rotatable bonds is 3. The molecule has 0 bridgehead atoms. The van der Waals surface area contributed by atoms with Gasteiger partial charge in [0, 0.05) is 0 Å². The first kappa shape index (κ1) is 15.5. The second-order valence-corrected chi connectivity index (χ2v) is 6.44. The van der Waals surface area contributed by atoms with Crippen LogP contribution in [0.1, 0.15) is 23.6 Å². The summed E-state index contributed by atoms with van der Waals surface area (Å²) >= 11 is 0. The Morgan fingerprint density at radius 2 is 1.88 bits per heavy atom. The fourth-order valence-corrected chi connectivity index (χ4v) is 3.20. The third kappa shape index (κ3) is 2.41. The number of urea groups is 1. The number of hydrogen-bond donors (Lipinski definition) is 1. The summed E-state index contributed by atoms with van der Waals surface area (Å²) in [6.45, 7) is 4.08. The second kappa shape index (κ2) is 5.51. The third-order valence-electron chi connectivity index (χ3n) is 4.81. The lowest BCUT2D eigenvalue weighted by Gasteiger charge is -2.22. The van der Waals surface area contributed by atoms with Gasteiger partial charge < -0.3 is 14.8 Å². The first-order chi connectivity index (χ1) is 12.0. The molecule has 2 aromatic carbocycles. The SMILES string of the molecule is Cc1ccccc1CN1C(=O)NC(C)(c2ccc3c(c2)OCO3)C1=O. The van der Waals surface area contributed by atoms with Crippen LogP contribution in [0.25, 0.3) is 0 Å². The number of hydrogen-bond acceptors (Lipinski definition) is 4. The smallest absolute Gasteiger partial charge is 0.325 e. The van der Waals surface area contributed by atoms with Gasteiger partial charge in [0.2, 0.25) is 6.79 Å². The molecule has 2 heterocycles. The molecule has 6 nitrogen and oxygen atoms in total. The summed E-state index contributed by atoms with van der Waals surface area (Å²) in [5.41, 5.74) is 1.53. The zero-order chi connectivity index (χ0) is 17.6. The molecule has 2 aromatic rings. The highest BCUT2D eigenvalue weighted by Gasteiger charge is 2.49. The van der Waals surface area contributed by atoms with Crippen molar-refractivity contribution in [3.63, 3.8) is 0 Å². The number of carbonyl (C=O) groups is 2. The summed E-state index contributed by atoms with van der Waals surface area (Å²) < 4.78 is 10.7. The van der Waals surface area contributed by atoms with Crippen molar-refractivity contribution in [1.29, 1.82) is 0 Å². The van der Waals surface area contributed by atoms with Gasteiger partial charge in [0.25, 0.3) is 5.91 Å². The zero-order valence-electron chi connectivity index (χ0n) is 14.0. The normalized spacial score (nSPS) is 21.6. The molecule has 4 rings (SSSR count). The molecule has 1 N–H and O–H groups in total. The van der Waals surface area contributed by atoms with E-state index in [2.05, 4.69) is 5.32 Å². The zero-order valence-corrected chi connectivity index (χ0v) is 14.0. The molecule has 1 atom stereocenters. The topological polar surface area (TPSA) is 67.9 Å². The largest absolute Gasteiger partial charge is 0.454 e. The van der Waals surface area contributed by atoms with Gasteiger partial charge in [0.05, 0.1) is 6.54 Å². The molecule has 25 heavy (non-hydrogen) atoms. The molecule has 3 amide bonds. The molecule has 0 aromatic heterocycles. The Morgan fingerprint density at radius 3 is 2.68 bits per heavy atom. The molecular weight excluding hydrogens is 320 g/mol.